The van der Waals surface area contributed by atoms with Gasteiger partial charge in [0.2, 0.25) is 11.8 Å². The minimum atomic E-state index is -0.454. The van der Waals surface area contributed by atoms with E-state index in [0.29, 0.717) is 16.7 Å². The Morgan fingerprint density at radius 2 is 1.76 bits per heavy atom. The fourth-order valence-electron chi connectivity index (χ4n) is 6.63. The van der Waals surface area contributed by atoms with Crippen molar-refractivity contribution >= 4 is 40.7 Å². The largest absolute Gasteiger partial charge is 0.342 e. The monoisotopic (exact) mass is 542 g/mol. The number of hydrogen-bond acceptors (Lipinski definition) is 4. The molecule has 0 aromatic heterocycles. The number of amides is 2. The Bertz CT molecular complexity index is 1140. The Kier molecular flexibility index (Phi) is 7.71. The van der Waals surface area contributed by atoms with Crippen molar-refractivity contribution in [2.45, 2.75) is 56.4 Å². The Balaban J connectivity index is 1.24. The van der Waals surface area contributed by atoms with Crippen molar-refractivity contribution in [3.8, 4) is 0 Å². The van der Waals surface area contributed by atoms with Gasteiger partial charge in [0.25, 0.3) is 0 Å². The zero-order chi connectivity index (χ0) is 26.0. The van der Waals surface area contributed by atoms with E-state index in [2.05, 4.69) is 33.3 Å². The van der Waals surface area contributed by atoms with Crippen LogP contribution < -0.4 is 10.2 Å². The van der Waals surface area contributed by atoms with Crippen LogP contribution in [0, 0.1) is 0 Å². The molecular formula is C29H36Cl2N4O2. The minimum absolute atomic E-state index is 0.120. The van der Waals surface area contributed by atoms with Gasteiger partial charge in [-0.2, -0.15) is 0 Å². The number of piperidine rings is 2. The molecule has 198 valence electrons. The number of rotatable bonds is 6. The zero-order valence-electron chi connectivity index (χ0n) is 21.5. The fourth-order valence-corrected chi connectivity index (χ4v) is 6.93. The second-order valence-corrected chi connectivity index (χ2v) is 11.7. The number of nitrogens with one attached hydrogen (secondary N) is 1. The van der Waals surface area contributed by atoms with Crippen molar-refractivity contribution in [3.63, 3.8) is 0 Å². The molecule has 2 amide bonds. The summed E-state index contributed by atoms with van der Waals surface area (Å²) < 4.78 is 0. The van der Waals surface area contributed by atoms with Crippen molar-refractivity contribution in [2.75, 3.05) is 44.3 Å². The molecule has 8 heteroatoms. The number of halogens is 2. The first-order valence-electron chi connectivity index (χ1n) is 13.4. The summed E-state index contributed by atoms with van der Waals surface area (Å²) in [5.74, 6) is 0.282. The number of nitrogens with zero attached hydrogens (tertiary/aromatic N) is 3. The molecule has 3 fully saturated rings. The van der Waals surface area contributed by atoms with E-state index in [9.17, 15) is 9.59 Å². The Morgan fingerprint density at radius 3 is 2.46 bits per heavy atom. The molecule has 0 saturated carbocycles. The second kappa shape index (κ2) is 10.8. The van der Waals surface area contributed by atoms with Crippen molar-refractivity contribution < 1.29 is 9.59 Å². The van der Waals surface area contributed by atoms with Gasteiger partial charge in [0.15, 0.2) is 0 Å². The average Bonchev–Trinajstić information content (AvgIpc) is 3.22. The van der Waals surface area contributed by atoms with Crippen LogP contribution in [0.15, 0.2) is 48.5 Å². The second-order valence-electron chi connectivity index (χ2n) is 10.9. The predicted molar refractivity (Wildman–Crippen MR) is 149 cm³/mol. The van der Waals surface area contributed by atoms with E-state index in [0.717, 1.165) is 76.9 Å². The van der Waals surface area contributed by atoms with Crippen LogP contribution in [-0.2, 0) is 15.0 Å². The number of likely N-dealkylation sites (tertiary alicyclic amines) is 2. The van der Waals surface area contributed by atoms with E-state index < -0.39 is 5.54 Å². The van der Waals surface area contributed by atoms with E-state index in [1.54, 1.807) is 6.92 Å². The van der Waals surface area contributed by atoms with Gasteiger partial charge >= 0.3 is 0 Å². The van der Waals surface area contributed by atoms with Gasteiger partial charge in [-0.05, 0) is 74.9 Å². The molecule has 2 aromatic carbocycles. The van der Waals surface area contributed by atoms with Gasteiger partial charge in [-0.1, -0.05) is 47.5 Å². The summed E-state index contributed by atoms with van der Waals surface area (Å²) in [5, 5.41) is 4.22. The van der Waals surface area contributed by atoms with Crippen molar-refractivity contribution in [2.24, 2.45) is 0 Å². The molecule has 1 atom stereocenters. The maximum absolute atomic E-state index is 13.0. The lowest BCUT2D eigenvalue weighted by Gasteiger charge is -2.45. The maximum atomic E-state index is 13.0. The number of carbonyl (C=O) groups excluding carboxylic acids is 2. The highest BCUT2D eigenvalue weighted by Gasteiger charge is 2.50. The SMILES string of the molecule is CC(=O)N1CCCC(CCCN2CCC3(CC2)C(=O)NCN3c2ccccc2)(c2ccc(Cl)c(Cl)c2)C1. The standard InChI is InChI=1S/C29H36Cl2N4O2/c1-22(36)34-16-6-12-28(20-34,23-9-10-25(30)26(31)19-23)11-5-15-33-17-13-29(14-18-33)27(37)32-21-35(29)24-7-3-2-4-8-24/h2-4,7-10,19H,5-6,11-18,20-21H2,1H3,(H,32,37). The number of benzene rings is 2. The number of anilines is 1. The molecule has 0 radical (unpaired) electrons. The van der Waals surface area contributed by atoms with Crippen molar-refractivity contribution in [1.29, 1.82) is 0 Å². The summed E-state index contributed by atoms with van der Waals surface area (Å²) >= 11 is 12.6. The van der Waals surface area contributed by atoms with E-state index in [4.69, 9.17) is 23.2 Å². The summed E-state index contributed by atoms with van der Waals surface area (Å²) in [6.07, 6.45) is 5.66. The van der Waals surface area contributed by atoms with Crippen LogP contribution >= 0.6 is 23.2 Å². The highest BCUT2D eigenvalue weighted by molar-refractivity contribution is 6.42. The van der Waals surface area contributed by atoms with Crippen LogP contribution in [0.1, 0.15) is 51.0 Å². The predicted octanol–water partition coefficient (Wildman–Crippen LogP) is 5.08. The van der Waals surface area contributed by atoms with Gasteiger partial charge in [-0.25, -0.2) is 0 Å². The van der Waals surface area contributed by atoms with E-state index in [1.807, 2.05) is 35.2 Å². The van der Waals surface area contributed by atoms with Gasteiger partial charge in [0, 0.05) is 44.2 Å². The van der Waals surface area contributed by atoms with Gasteiger partial charge in [-0.15, -0.1) is 0 Å². The summed E-state index contributed by atoms with van der Waals surface area (Å²) in [7, 11) is 0. The molecule has 1 unspecified atom stereocenters. The lowest BCUT2D eigenvalue weighted by molar-refractivity contribution is -0.131. The van der Waals surface area contributed by atoms with Gasteiger partial charge in [0.1, 0.15) is 5.54 Å². The highest BCUT2D eigenvalue weighted by Crippen LogP contribution is 2.41. The smallest absolute Gasteiger partial charge is 0.247 e. The molecular weight excluding hydrogens is 507 g/mol. The molecule has 0 bridgehead atoms. The molecule has 6 nitrogen and oxygen atoms in total. The highest BCUT2D eigenvalue weighted by atomic mass is 35.5. The first kappa shape index (κ1) is 26.3. The summed E-state index contributed by atoms with van der Waals surface area (Å²) in [5.41, 5.74) is 1.70. The number of carbonyl (C=O) groups is 2. The molecule has 0 aliphatic carbocycles. The zero-order valence-corrected chi connectivity index (χ0v) is 23.0. The third-order valence-electron chi connectivity index (χ3n) is 8.77. The van der Waals surface area contributed by atoms with Crippen LogP contribution in [0.3, 0.4) is 0 Å². The first-order valence-corrected chi connectivity index (χ1v) is 14.1. The molecule has 1 N–H and O–H groups in total. The Labute approximate surface area is 229 Å². The van der Waals surface area contributed by atoms with Gasteiger partial charge < -0.3 is 20.0 Å². The van der Waals surface area contributed by atoms with Gasteiger partial charge in [0.05, 0.1) is 16.7 Å². The van der Waals surface area contributed by atoms with Gasteiger partial charge in [-0.3, -0.25) is 9.59 Å². The molecule has 3 aliphatic rings. The molecule has 2 aromatic rings. The fraction of sp³-hybridized carbons (Fsp3) is 0.517. The normalized spacial score (nSPS) is 23.9. The lowest BCUT2D eigenvalue weighted by Crippen LogP contribution is -2.56. The molecule has 5 rings (SSSR count). The summed E-state index contributed by atoms with van der Waals surface area (Å²) in [4.78, 5) is 32.0. The lowest BCUT2D eigenvalue weighted by atomic mass is 9.71. The maximum Gasteiger partial charge on any atom is 0.247 e. The summed E-state index contributed by atoms with van der Waals surface area (Å²) in [6, 6.07) is 16.2. The molecule has 3 saturated heterocycles. The van der Waals surface area contributed by atoms with Crippen molar-refractivity contribution in [3.05, 3.63) is 64.1 Å². The molecule has 3 aliphatic heterocycles. The molecule has 37 heavy (non-hydrogen) atoms. The van der Waals surface area contributed by atoms with Crippen LogP contribution in [0.4, 0.5) is 5.69 Å². The molecule has 3 heterocycles. The molecule has 1 spiro atoms. The van der Waals surface area contributed by atoms with Crippen LogP contribution in [-0.4, -0.2) is 66.5 Å². The van der Waals surface area contributed by atoms with E-state index in [-0.39, 0.29) is 17.2 Å². The topological polar surface area (TPSA) is 55.9 Å². The third-order valence-corrected chi connectivity index (χ3v) is 9.51. The van der Waals surface area contributed by atoms with Crippen molar-refractivity contribution in [1.82, 2.24) is 15.1 Å². The van der Waals surface area contributed by atoms with Crippen LogP contribution in [0.25, 0.3) is 0 Å². The van der Waals surface area contributed by atoms with E-state index >= 15 is 0 Å². The average molecular weight is 544 g/mol. The number of para-hydroxylation sites is 1. The first-order chi connectivity index (χ1) is 17.8. The van der Waals surface area contributed by atoms with Crippen LogP contribution in [0.5, 0.6) is 0 Å². The Hall–Kier alpha value is -2.28. The third kappa shape index (κ3) is 5.21. The summed E-state index contributed by atoms with van der Waals surface area (Å²) in [6.45, 7) is 6.54. The van der Waals surface area contributed by atoms with E-state index in [1.165, 1.54) is 5.56 Å². The minimum Gasteiger partial charge on any atom is -0.342 e. The van der Waals surface area contributed by atoms with Crippen LogP contribution in [0.2, 0.25) is 10.0 Å². The quantitative estimate of drug-likeness (QED) is 0.552. The number of hydrogen-bond donors (Lipinski definition) is 1. The Morgan fingerprint density at radius 1 is 1.00 bits per heavy atom.